The number of amides is 1. The maximum absolute atomic E-state index is 13.3. The lowest BCUT2D eigenvalue weighted by molar-refractivity contribution is -0.132. The zero-order valence-electron chi connectivity index (χ0n) is 10.1. The molecule has 0 spiro atoms. The molecular formula is C14H16FNO2. The molecule has 0 unspecified atom stereocenters. The Morgan fingerprint density at radius 3 is 2.44 bits per heavy atom. The summed E-state index contributed by atoms with van der Waals surface area (Å²) in [6.45, 7) is 7.75. The van der Waals surface area contributed by atoms with E-state index in [9.17, 15) is 9.18 Å². The molecule has 0 aliphatic rings. The molecule has 0 radical (unpaired) electrons. The molecule has 0 aromatic heterocycles. The minimum atomic E-state index is -0.482. The molecule has 0 aliphatic carbocycles. The largest absolute Gasteiger partial charge is 0.481 e. The number of hydrogen-bond acceptors (Lipinski definition) is 2. The molecule has 0 aliphatic heterocycles. The highest BCUT2D eigenvalue weighted by Gasteiger charge is 2.12. The fraction of sp³-hybridized carbons (Fsp3) is 0.214. The number of ether oxygens (including phenoxy) is 1. The smallest absolute Gasteiger partial charge is 0.261 e. The summed E-state index contributed by atoms with van der Waals surface area (Å²) in [5.74, 6) is -0.648. The Bertz CT molecular complexity index is 422. The van der Waals surface area contributed by atoms with Crippen LogP contribution in [-0.2, 0) is 4.79 Å². The van der Waals surface area contributed by atoms with Crippen LogP contribution in [0.1, 0.15) is 0 Å². The van der Waals surface area contributed by atoms with E-state index in [4.69, 9.17) is 4.74 Å². The first-order valence-electron chi connectivity index (χ1n) is 5.56. The fourth-order valence-electron chi connectivity index (χ4n) is 1.38. The van der Waals surface area contributed by atoms with E-state index in [1.165, 1.54) is 17.0 Å². The molecule has 0 heterocycles. The van der Waals surface area contributed by atoms with Crippen molar-refractivity contribution in [2.45, 2.75) is 0 Å². The summed E-state index contributed by atoms with van der Waals surface area (Å²) in [6, 6.07) is 5.97. The van der Waals surface area contributed by atoms with Gasteiger partial charge in [-0.25, -0.2) is 4.39 Å². The van der Waals surface area contributed by atoms with Gasteiger partial charge in [-0.15, -0.1) is 13.2 Å². The third kappa shape index (κ3) is 4.05. The molecule has 0 bridgehead atoms. The monoisotopic (exact) mass is 249 g/mol. The van der Waals surface area contributed by atoms with Crippen LogP contribution in [0.3, 0.4) is 0 Å². The molecule has 18 heavy (non-hydrogen) atoms. The molecule has 0 saturated carbocycles. The lowest BCUT2D eigenvalue weighted by atomic mass is 10.3. The molecule has 4 heteroatoms. The van der Waals surface area contributed by atoms with Crippen LogP contribution < -0.4 is 4.74 Å². The number of nitrogens with zero attached hydrogens (tertiary/aromatic N) is 1. The maximum Gasteiger partial charge on any atom is 0.261 e. The Kier molecular flexibility index (Phi) is 5.64. The van der Waals surface area contributed by atoms with E-state index < -0.39 is 5.82 Å². The van der Waals surface area contributed by atoms with Gasteiger partial charge in [-0.1, -0.05) is 24.3 Å². The molecule has 3 nitrogen and oxygen atoms in total. The van der Waals surface area contributed by atoms with Crippen molar-refractivity contribution in [2.24, 2.45) is 0 Å². The van der Waals surface area contributed by atoms with Crippen molar-refractivity contribution < 1.29 is 13.9 Å². The Hall–Kier alpha value is -2.10. The van der Waals surface area contributed by atoms with Gasteiger partial charge in [0.1, 0.15) is 0 Å². The van der Waals surface area contributed by atoms with Crippen molar-refractivity contribution in [3.8, 4) is 5.75 Å². The van der Waals surface area contributed by atoms with Gasteiger partial charge in [0.25, 0.3) is 5.91 Å². The Labute approximate surface area is 106 Å². The summed E-state index contributed by atoms with van der Waals surface area (Å²) in [5.41, 5.74) is 0. The third-order valence-corrected chi connectivity index (χ3v) is 2.24. The van der Waals surface area contributed by atoms with Gasteiger partial charge in [0.2, 0.25) is 0 Å². The first-order chi connectivity index (χ1) is 8.69. The molecule has 96 valence electrons. The van der Waals surface area contributed by atoms with Crippen LogP contribution in [0.4, 0.5) is 4.39 Å². The number of rotatable bonds is 7. The second kappa shape index (κ2) is 7.27. The number of para-hydroxylation sites is 1. The third-order valence-electron chi connectivity index (χ3n) is 2.24. The van der Waals surface area contributed by atoms with E-state index in [1.807, 2.05) is 0 Å². The van der Waals surface area contributed by atoms with Crippen molar-refractivity contribution >= 4 is 5.91 Å². The maximum atomic E-state index is 13.3. The van der Waals surface area contributed by atoms with Crippen LogP contribution in [0.5, 0.6) is 5.75 Å². The van der Waals surface area contributed by atoms with E-state index in [0.29, 0.717) is 13.1 Å². The molecular weight excluding hydrogens is 233 g/mol. The van der Waals surface area contributed by atoms with Crippen LogP contribution in [-0.4, -0.2) is 30.5 Å². The van der Waals surface area contributed by atoms with Gasteiger partial charge in [-0.05, 0) is 12.1 Å². The van der Waals surface area contributed by atoms with Crippen LogP contribution in [0, 0.1) is 5.82 Å². The van der Waals surface area contributed by atoms with Crippen LogP contribution in [0.25, 0.3) is 0 Å². The number of benzene rings is 1. The topological polar surface area (TPSA) is 29.5 Å². The van der Waals surface area contributed by atoms with Gasteiger partial charge < -0.3 is 9.64 Å². The zero-order chi connectivity index (χ0) is 13.4. The second-order valence-electron chi connectivity index (χ2n) is 3.60. The summed E-state index contributed by atoms with van der Waals surface area (Å²) < 4.78 is 18.4. The second-order valence-corrected chi connectivity index (χ2v) is 3.60. The van der Waals surface area contributed by atoms with Gasteiger partial charge >= 0.3 is 0 Å². The molecule has 0 saturated heterocycles. The average molecular weight is 249 g/mol. The number of carbonyl (C=O) groups is 1. The van der Waals surface area contributed by atoms with Gasteiger partial charge in [0.15, 0.2) is 18.2 Å². The predicted molar refractivity (Wildman–Crippen MR) is 68.9 cm³/mol. The van der Waals surface area contributed by atoms with Crippen molar-refractivity contribution in [3.05, 3.63) is 55.4 Å². The van der Waals surface area contributed by atoms with Crippen LogP contribution in [0.15, 0.2) is 49.6 Å². The van der Waals surface area contributed by atoms with E-state index in [1.54, 1.807) is 24.3 Å². The summed E-state index contributed by atoms with van der Waals surface area (Å²) in [7, 11) is 0. The summed E-state index contributed by atoms with van der Waals surface area (Å²) >= 11 is 0. The summed E-state index contributed by atoms with van der Waals surface area (Å²) in [6.07, 6.45) is 3.23. The van der Waals surface area contributed by atoms with E-state index in [0.717, 1.165) is 0 Å². The van der Waals surface area contributed by atoms with Gasteiger partial charge in [-0.3, -0.25) is 4.79 Å². The quantitative estimate of drug-likeness (QED) is 0.694. The highest BCUT2D eigenvalue weighted by Crippen LogP contribution is 2.15. The molecule has 0 N–H and O–H groups in total. The fourth-order valence-corrected chi connectivity index (χ4v) is 1.38. The minimum absolute atomic E-state index is 0.0722. The SMILES string of the molecule is C=CCN(CC=C)C(=O)COc1ccccc1F. The molecule has 1 amide bonds. The van der Waals surface area contributed by atoms with Crippen molar-refractivity contribution in [3.63, 3.8) is 0 Å². The average Bonchev–Trinajstić information content (AvgIpc) is 2.37. The number of halogens is 1. The van der Waals surface area contributed by atoms with Crippen molar-refractivity contribution in [2.75, 3.05) is 19.7 Å². The standard InChI is InChI=1S/C14H16FNO2/c1-3-9-16(10-4-2)14(17)11-18-13-8-6-5-7-12(13)15/h3-8H,1-2,9-11H2. The van der Waals surface area contributed by atoms with Crippen molar-refractivity contribution in [1.82, 2.24) is 4.90 Å². The molecule has 0 atom stereocenters. The Morgan fingerprint density at radius 1 is 1.28 bits per heavy atom. The first-order valence-corrected chi connectivity index (χ1v) is 5.56. The Balaban J connectivity index is 2.56. The minimum Gasteiger partial charge on any atom is -0.481 e. The molecule has 1 rings (SSSR count). The first kappa shape index (κ1) is 14.0. The molecule has 1 aromatic rings. The van der Waals surface area contributed by atoms with E-state index in [-0.39, 0.29) is 18.3 Å². The van der Waals surface area contributed by atoms with Gasteiger partial charge in [-0.2, -0.15) is 0 Å². The van der Waals surface area contributed by atoms with Crippen LogP contribution >= 0.6 is 0 Å². The summed E-state index contributed by atoms with van der Waals surface area (Å²) in [4.78, 5) is 13.3. The van der Waals surface area contributed by atoms with E-state index >= 15 is 0 Å². The lowest BCUT2D eigenvalue weighted by Crippen LogP contribution is -2.35. The van der Waals surface area contributed by atoms with Crippen molar-refractivity contribution in [1.29, 1.82) is 0 Å². The zero-order valence-corrected chi connectivity index (χ0v) is 10.1. The number of hydrogen-bond donors (Lipinski definition) is 0. The lowest BCUT2D eigenvalue weighted by Gasteiger charge is -2.19. The summed E-state index contributed by atoms with van der Waals surface area (Å²) in [5, 5.41) is 0. The highest BCUT2D eigenvalue weighted by molar-refractivity contribution is 5.78. The Morgan fingerprint density at radius 2 is 1.89 bits per heavy atom. The van der Waals surface area contributed by atoms with Gasteiger partial charge in [0, 0.05) is 13.1 Å². The molecule has 0 fully saturated rings. The number of carbonyl (C=O) groups excluding carboxylic acids is 1. The molecule has 1 aromatic carbocycles. The predicted octanol–water partition coefficient (Wildman–Crippen LogP) is 2.41. The highest BCUT2D eigenvalue weighted by atomic mass is 19.1. The van der Waals surface area contributed by atoms with Crippen LogP contribution in [0.2, 0.25) is 0 Å². The normalized spacial score (nSPS) is 9.61. The van der Waals surface area contributed by atoms with E-state index in [2.05, 4.69) is 13.2 Å². The van der Waals surface area contributed by atoms with Gasteiger partial charge in [0.05, 0.1) is 0 Å².